The summed E-state index contributed by atoms with van der Waals surface area (Å²) in [7, 11) is 0. The van der Waals surface area contributed by atoms with Crippen LogP contribution in [0.5, 0.6) is 0 Å². The van der Waals surface area contributed by atoms with Crippen molar-refractivity contribution in [3.05, 3.63) is 108 Å². The second-order valence-electron chi connectivity index (χ2n) is 5.59. The van der Waals surface area contributed by atoms with Gasteiger partial charge in [0, 0.05) is 48.3 Å². The molecule has 4 aromatic rings. The quantitative estimate of drug-likeness (QED) is 0.262. The molecule has 0 aliphatic heterocycles. The van der Waals surface area contributed by atoms with Gasteiger partial charge in [-0.3, -0.25) is 9.97 Å². The molecular weight excluding hydrogens is 443 g/mol. The van der Waals surface area contributed by atoms with Crippen LogP contribution in [0.1, 0.15) is 32.2 Å². The Morgan fingerprint density at radius 2 is 1.16 bits per heavy atom. The van der Waals surface area contributed by atoms with Crippen LogP contribution in [-0.4, -0.2) is 34.2 Å². The fraction of sp³-hybridized carbons (Fsp3) is 0. The Morgan fingerprint density at radius 3 is 1.48 bits per heavy atom. The molecule has 0 unspecified atom stereocenters. The predicted octanol–water partition coefficient (Wildman–Crippen LogP) is 3.84. The first-order chi connectivity index (χ1) is 14.7. The molecule has 2 N–H and O–H groups in total. The standard InChI is InChI=1S/2C11H7N2O2.Co/c2*14-11(9-3-1-5-12-7-9)13-8-10-4-2-6-15-10;/h2*1-7H;/q2*-1;+2/p+2. The van der Waals surface area contributed by atoms with E-state index in [9.17, 15) is 9.59 Å². The zero-order valence-electron chi connectivity index (χ0n) is 15.9. The molecule has 4 heterocycles. The molecule has 155 valence electrons. The number of pyridine rings is 2. The first kappa shape index (κ1) is 23.3. The van der Waals surface area contributed by atoms with Crippen LogP contribution in [0.3, 0.4) is 0 Å². The van der Waals surface area contributed by atoms with Crippen molar-refractivity contribution in [2.45, 2.75) is 0 Å². The van der Waals surface area contributed by atoms with Gasteiger partial charge in [0.1, 0.15) is 0 Å². The van der Waals surface area contributed by atoms with E-state index in [0.717, 1.165) is 0 Å². The molecule has 0 spiro atoms. The summed E-state index contributed by atoms with van der Waals surface area (Å²) in [6.45, 7) is 0. The van der Waals surface area contributed by atoms with Crippen LogP contribution >= 0.6 is 0 Å². The van der Waals surface area contributed by atoms with Crippen LogP contribution < -0.4 is 0 Å². The molecule has 1 radical (unpaired) electrons. The van der Waals surface area contributed by atoms with Crippen LogP contribution in [0, 0.1) is 0 Å². The molecule has 0 bridgehead atoms. The van der Waals surface area contributed by atoms with Gasteiger partial charge in [0.15, 0.2) is 23.3 Å². The van der Waals surface area contributed by atoms with Gasteiger partial charge in [-0.25, -0.2) is 0 Å². The average Bonchev–Trinajstić information content (AvgIpc) is 3.52. The molecule has 31 heavy (non-hydrogen) atoms. The molecule has 0 saturated carbocycles. The van der Waals surface area contributed by atoms with Gasteiger partial charge >= 0.3 is 16.8 Å². The van der Waals surface area contributed by atoms with Crippen molar-refractivity contribution in [2.24, 2.45) is 9.98 Å². The number of hydrogen-bond acceptors (Lipinski definition) is 4. The third-order valence-electron chi connectivity index (χ3n) is 3.47. The van der Waals surface area contributed by atoms with E-state index in [4.69, 9.17) is 0 Å². The fourth-order valence-corrected chi connectivity index (χ4v) is 2.06. The zero-order chi connectivity index (χ0) is 21.0. The van der Waals surface area contributed by atoms with Crippen molar-refractivity contribution in [2.75, 3.05) is 0 Å². The molecule has 0 fully saturated rings. The minimum Gasteiger partial charge on any atom is -0.569 e. The number of aliphatic imine (C=N–C) groups is 2. The first-order valence-corrected chi connectivity index (χ1v) is 8.70. The third-order valence-corrected chi connectivity index (χ3v) is 3.47. The van der Waals surface area contributed by atoms with Gasteiger partial charge in [-0.1, -0.05) is 24.3 Å². The number of hydrogen-bond donors (Lipinski definition) is 0. The maximum absolute atomic E-state index is 11.4. The van der Waals surface area contributed by atoms with Crippen molar-refractivity contribution in [3.8, 4) is 0 Å². The van der Waals surface area contributed by atoms with E-state index in [1.165, 1.54) is 12.4 Å². The maximum atomic E-state index is 11.4. The molecule has 0 atom stereocenters. The van der Waals surface area contributed by atoms with Crippen LogP contribution in [0.15, 0.2) is 105 Å². The van der Waals surface area contributed by atoms with Crippen molar-refractivity contribution < 1.29 is 35.2 Å². The summed E-state index contributed by atoms with van der Waals surface area (Å²) in [6.07, 6.45) is 14.5. The van der Waals surface area contributed by atoms with Crippen LogP contribution in [-0.2, 0) is 16.8 Å². The number of aromatic nitrogens is 2. The second-order valence-corrected chi connectivity index (χ2v) is 5.59. The van der Waals surface area contributed by atoms with Gasteiger partial charge in [0.25, 0.3) is 0 Å². The van der Waals surface area contributed by atoms with Crippen molar-refractivity contribution in [3.63, 3.8) is 0 Å². The van der Waals surface area contributed by atoms with Crippen LogP contribution in [0.25, 0.3) is 0 Å². The van der Waals surface area contributed by atoms with E-state index in [-0.39, 0.29) is 28.6 Å². The molecule has 0 aliphatic rings. The average molecular weight is 459 g/mol. The normalized spacial score (nSPS) is 10.3. The minimum absolute atomic E-state index is 0. The summed E-state index contributed by atoms with van der Waals surface area (Å²) in [5, 5.41) is 0. The van der Waals surface area contributed by atoms with E-state index < -0.39 is 0 Å². The summed E-state index contributed by atoms with van der Waals surface area (Å²) < 4.78 is 7.82. The summed E-state index contributed by atoms with van der Waals surface area (Å²) in [5.41, 5.74) is 0.883. The Bertz CT molecular complexity index is 1020. The summed E-state index contributed by atoms with van der Waals surface area (Å²) in [6, 6.07) is 13.6. The Kier molecular flexibility index (Phi) is 9.46. The SMILES string of the molecule is O=C(N=[C-]c1ccc[oH+]1)c1cccnc1.O=C(N=[C-]c1ccc[oH+]1)c1cccnc1.[Co+2]. The number of nitrogens with zero attached hydrogens (tertiary/aromatic N) is 4. The van der Waals surface area contributed by atoms with Gasteiger partial charge in [0.05, 0.1) is 0 Å². The molecular formula is C22H16CoN4O4+2. The van der Waals surface area contributed by atoms with Gasteiger partial charge in [0.2, 0.25) is 12.5 Å². The van der Waals surface area contributed by atoms with Crippen molar-refractivity contribution in [1.29, 1.82) is 0 Å². The van der Waals surface area contributed by atoms with E-state index in [1.807, 2.05) is 0 Å². The molecule has 2 amide bonds. The second kappa shape index (κ2) is 12.6. The Labute approximate surface area is 188 Å². The van der Waals surface area contributed by atoms with Gasteiger partial charge in [-0.05, 0) is 24.3 Å². The largest absolute Gasteiger partial charge is 2.00 e. The summed E-state index contributed by atoms with van der Waals surface area (Å²) >= 11 is 0. The Morgan fingerprint density at radius 1 is 0.710 bits per heavy atom. The van der Waals surface area contributed by atoms with E-state index in [2.05, 4.69) is 41.2 Å². The van der Waals surface area contributed by atoms with E-state index in [1.54, 1.807) is 73.5 Å². The van der Waals surface area contributed by atoms with Gasteiger partial charge < -0.3 is 28.4 Å². The van der Waals surface area contributed by atoms with Crippen LogP contribution in [0.4, 0.5) is 0 Å². The smallest absolute Gasteiger partial charge is 0.569 e. The van der Waals surface area contributed by atoms with E-state index in [0.29, 0.717) is 22.6 Å². The van der Waals surface area contributed by atoms with Crippen molar-refractivity contribution >= 4 is 24.2 Å². The van der Waals surface area contributed by atoms with Gasteiger partial charge in [-0.15, -0.1) is 0 Å². The van der Waals surface area contributed by atoms with E-state index >= 15 is 0 Å². The topological polar surface area (TPSA) is 110 Å². The maximum Gasteiger partial charge on any atom is 2.00 e. The molecule has 8 nitrogen and oxygen atoms in total. The fourth-order valence-electron chi connectivity index (χ4n) is 2.06. The monoisotopic (exact) mass is 459 g/mol. The number of furan rings is 2. The number of carbonyl (C=O) groups excluding carboxylic acids is 2. The third kappa shape index (κ3) is 7.76. The summed E-state index contributed by atoms with van der Waals surface area (Å²) in [4.78, 5) is 37.8. The summed E-state index contributed by atoms with van der Waals surface area (Å²) in [5.74, 6) is 0.358. The van der Waals surface area contributed by atoms with Crippen LogP contribution in [0.2, 0.25) is 0 Å². The number of rotatable bonds is 4. The molecule has 4 rings (SSSR count). The molecule has 9 heteroatoms. The molecule has 0 aromatic carbocycles. The first-order valence-electron chi connectivity index (χ1n) is 8.70. The number of carbonyl (C=O) groups is 2. The van der Waals surface area contributed by atoms with Crippen molar-refractivity contribution in [1.82, 2.24) is 9.97 Å². The number of amides is 2. The molecule has 0 saturated heterocycles. The molecule has 0 aliphatic carbocycles. The Balaban J connectivity index is 0.000000213. The van der Waals surface area contributed by atoms with Gasteiger partial charge in [-0.2, -0.15) is 0 Å². The molecule has 4 aromatic heterocycles. The Hall–Kier alpha value is -3.95. The predicted molar refractivity (Wildman–Crippen MR) is 110 cm³/mol. The zero-order valence-corrected chi connectivity index (χ0v) is 17.0. The minimum atomic E-state index is -0.369.